The molecular formula is C15H20N4O. The molecule has 0 saturated carbocycles. The molecule has 3 N–H and O–H groups in total. The summed E-state index contributed by atoms with van der Waals surface area (Å²) in [5.74, 6) is 7.51. The molecule has 1 heterocycles. The van der Waals surface area contributed by atoms with Crippen LogP contribution in [0.25, 0.3) is 11.4 Å². The number of nitrogens with two attached hydrogens (primary N) is 1. The van der Waals surface area contributed by atoms with Gasteiger partial charge in [-0.25, -0.2) is 10.8 Å². The Balaban J connectivity index is 2.34. The third kappa shape index (κ3) is 3.45. The molecule has 0 bridgehead atoms. The van der Waals surface area contributed by atoms with Gasteiger partial charge in [0.05, 0.1) is 6.10 Å². The summed E-state index contributed by atoms with van der Waals surface area (Å²) in [6.07, 6.45) is 0.0687. The smallest absolute Gasteiger partial charge is 0.219 e. The number of hydrogen-bond donors (Lipinski definition) is 2. The Hall–Kier alpha value is -2.14. The number of aromatic nitrogens is 2. The first-order valence-electron chi connectivity index (χ1n) is 6.68. The minimum absolute atomic E-state index is 0.0687. The topological polar surface area (TPSA) is 73.1 Å². The molecule has 0 aliphatic carbocycles. The lowest BCUT2D eigenvalue weighted by Crippen LogP contribution is -2.20. The minimum atomic E-state index is 0.0687. The van der Waals surface area contributed by atoms with E-state index < -0.39 is 0 Å². The highest BCUT2D eigenvalue weighted by Crippen LogP contribution is 2.22. The van der Waals surface area contributed by atoms with Crippen molar-refractivity contribution >= 4 is 5.82 Å². The number of ether oxygens (including phenoxy) is 1. The second-order valence-corrected chi connectivity index (χ2v) is 4.99. The molecule has 0 aliphatic heterocycles. The van der Waals surface area contributed by atoms with Crippen molar-refractivity contribution in [3.63, 3.8) is 0 Å². The summed E-state index contributed by atoms with van der Waals surface area (Å²) in [4.78, 5) is 8.79. The summed E-state index contributed by atoms with van der Waals surface area (Å²) in [5, 5.41) is 0. The average Bonchev–Trinajstić information content (AvgIpc) is 2.47. The van der Waals surface area contributed by atoms with Crippen molar-refractivity contribution < 1.29 is 4.74 Å². The highest BCUT2D eigenvalue weighted by molar-refractivity contribution is 5.57. The molecular weight excluding hydrogens is 252 g/mol. The van der Waals surface area contributed by atoms with Gasteiger partial charge in [0, 0.05) is 11.6 Å². The molecule has 0 spiro atoms. The van der Waals surface area contributed by atoms with Gasteiger partial charge in [-0.05, 0) is 12.8 Å². The van der Waals surface area contributed by atoms with E-state index in [1.165, 1.54) is 0 Å². The number of benzene rings is 1. The number of hydrogen-bond acceptors (Lipinski definition) is 5. The number of anilines is 1. The van der Waals surface area contributed by atoms with Crippen molar-refractivity contribution in [2.75, 3.05) is 5.43 Å². The summed E-state index contributed by atoms with van der Waals surface area (Å²) < 4.78 is 5.83. The zero-order valence-corrected chi connectivity index (χ0v) is 12.0. The predicted molar refractivity (Wildman–Crippen MR) is 80.2 cm³/mol. The van der Waals surface area contributed by atoms with Crippen LogP contribution in [0.15, 0.2) is 36.4 Å². The van der Waals surface area contributed by atoms with E-state index in [-0.39, 0.29) is 6.10 Å². The summed E-state index contributed by atoms with van der Waals surface area (Å²) in [5.41, 5.74) is 3.47. The SMILES string of the molecule is CC(C)C(C)Oc1cc(NN)nc(-c2ccccc2)n1. The number of nitrogen functional groups attached to an aromatic ring is 1. The van der Waals surface area contributed by atoms with Crippen molar-refractivity contribution in [1.82, 2.24) is 9.97 Å². The molecule has 5 nitrogen and oxygen atoms in total. The van der Waals surface area contributed by atoms with Gasteiger partial charge in [-0.2, -0.15) is 4.98 Å². The molecule has 5 heteroatoms. The average molecular weight is 272 g/mol. The number of hydrazine groups is 1. The second kappa shape index (κ2) is 6.34. The van der Waals surface area contributed by atoms with Crippen molar-refractivity contribution in [3.05, 3.63) is 36.4 Å². The van der Waals surface area contributed by atoms with Crippen molar-refractivity contribution in [2.24, 2.45) is 11.8 Å². The lowest BCUT2D eigenvalue weighted by molar-refractivity contribution is 0.163. The Labute approximate surface area is 119 Å². The van der Waals surface area contributed by atoms with Gasteiger partial charge in [0.15, 0.2) is 5.82 Å². The first kappa shape index (κ1) is 14.3. The van der Waals surface area contributed by atoms with E-state index >= 15 is 0 Å². The quantitative estimate of drug-likeness (QED) is 0.646. The maximum absolute atomic E-state index is 5.83. The molecule has 1 atom stereocenters. The summed E-state index contributed by atoms with van der Waals surface area (Å²) in [7, 11) is 0. The van der Waals surface area contributed by atoms with Gasteiger partial charge in [-0.15, -0.1) is 0 Å². The van der Waals surface area contributed by atoms with Gasteiger partial charge in [0.25, 0.3) is 0 Å². The molecule has 20 heavy (non-hydrogen) atoms. The monoisotopic (exact) mass is 272 g/mol. The molecule has 1 aromatic carbocycles. The fourth-order valence-corrected chi connectivity index (χ4v) is 1.60. The molecule has 0 radical (unpaired) electrons. The lowest BCUT2D eigenvalue weighted by Gasteiger charge is -2.18. The van der Waals surface area contributed by atoms with E-state index in [0.717, 1.165) is 5.56 Å². The summed E-state index contributed by atoms with van der Waals surface area (Å²) in [6, 6.07) is 11.4. The third-order valence-electron chi connectivity index (χ3n) is 3.13. The second-order valence-electron chi connectivity index (χ2n) is 4.99. The van der Waals surface area contributed by atoms with Gasteiger partial charge in [-0.1, -0.05) is 44.2 Å². The Morgan fingerprint density at radius 2 is 1.80 bits per heavy atom. The van der Waals surface area contributed by atoms with Crippen molar-refractivity contribution in [1.29, 1.82) is 0 Å². The molecule has 106 valence electrons. The van der Waals surface area contributed by atoms with Gasteiger partial charge < -0.3 is 10.2 Å². The highest BCUT2D eigenvalue weighted by atomic mass is 16.5. The maximum atomic E-state index is 5.83. The largest absolute Gasteiger partial charge is 0.474 e. The van der Waals surface area contributed by atoms with Crippen LogP contribution in [0.1, 0.15) is 20.8 Å². The molecule has 2 rings (SSSR count). The highest BCUT2D eigenvalue weighted by Gasteiger charge is 2.12. The molecule has 1 aromatic heterocycles. The van der Waals surface area contributed by atoms with Crippen LogP contribution in [0.2, 0.25) is 0 Å². The Kier molecular flexibility index (Phi) is 4.53. The van der Waals surface area contributed by atoms with Gasteiger partial charge in [0.1, 0.15) is 5.82 Å². The van der Waals surface area contributed by atoms with E-state index in [2.05, 4.69) is 29.2 Å². The zero-order chi connectivity index (χ0) is 14.5. The third-order valence-corrected chi connectivity index (χ3v) is 3.13. The normalized spacial score (nSPS) is 12.2. The standard InChI is InChI=1S/C15H20N4O/c1-10(2)11(3)20-14-9-13(19-16)17-15(18-14)12-7-5-4-6-8-12/h4-11H,16H2,1-3H3,(H,17,18,19). The first-order chi connectivity index (χ1) is 9.60. The molecule has 2 aromatic rings. The van der Waals surface area contributed by atoms with E-state index in [9.17, 15) is 0 Å². The molecule has 0 amide bonds. The maximum Gasteiger partial charge on any atom is 0.219 e. The predicted octanol–water partition coefficient (Wildman–Crippen LogP) is 2.85. The number of nitrogens with one attached hydrogen (secondary N) is 1. The van der Waals surface area contributed by atoms with Gasteiger partial charge in [-0.3, -0.25) is 0 Å². The van der Waals surface area contributed by atoms with Crippen LogP contribution in [-0.2, 0) is 0 Å². The fourth-order valence-electron chi connectivity index (χ4n) is 1.60. The van der Waals surface area contributed by atoms with Crippen LogP contribution in [0.4, 0.5) is 5.82 Å². The van der Waals surface area contributed by atoms with Crippen LogP contribution < -0.4 is 16.0 Å². The molecule has 0 fully saturated rings. The van der Waals surface area contributed by atoms with Gasteiger partial charge in [0.2, 0.25) is 5.88 Å². The molecule has 0 saturated heterocycles. The number of nitrogens with zero attached hydrogens (tertiary/aromatic N) is 2. The Bertz CT molecular complexity index is 557. The minimum Gasteiger partial charge on any atom is -0.474 e. The Morgan fingerprint density at radius 1 is 1.10 bits per heavy atom. The molecule has 0 aliphatic rings. The Morgan fingerprint density at radius 3 is 2.40 bits per heavy atom. The summed E-state index contributed by atoms with van der Waals surface area (Å²) >= 11 is 0. The van der Waals surface area contributed by atoms with Crippen molar-refractivity contribution in [3.8, 4) is 17.3 Å². The van der Waals surface area contributed by atoms with Crippen LogP contribution in [0.5, 0.6) is 5.88 Å². The molecule has 1 unspecified atom stereocenters. The first-order valence-corrected chi connectivity index (χ1v) is 6.68. The number of rotatable bonds is 5. The van der Waals surface area contributed by atoms with Crippen LogP contribution in [0, 0.1) is 5.92 Å². The summed E-state index contributed by atoms with van der Waals surface area (Å²) in [6.45, 7) is 6.22. The van der Waals surface area contributed by atoms with Crippen molar-refractivity contribution in [2.45, 2.75) is 26.9 Å². The van der Waals surface area contributed by atoms with E-state index in [0.29, 0.717) is 23.4 Å². The van der Waals surface area contributed by atoms with E-state index in [1.807, 2.05) is 37.3 Å². The lowest BCUT2D eigenvalue weighted by atomic mass is 10.1. The van der Waals surface area contributed by atoms with Gasteiger partial charge >= 0.3 is 0 Å². The van der Waals surface area contributed by atoms with E-state index in [4.69, 9.17) is 10.6 Å². The fraction of sp³-hybridized carbons (Fsp3) is 0.333. The zero-order valence-electron chi connectivity index (χ0n) is 12.0. The van der Waals surface area contributed by atoms with Crippen LogP contribution in [0.3, 0.4) is 0 Å². The van der Waals surface area contributed by atoms with E-state index in [1.54, 1.807) is 6.07 Å². The van der Waals surface area contributed by atoms with Crippen LogP contribution >= 0.6 is 0 Å². The van der Waals surface area contributed by atoms with Crippen LogP contribution in [-0.4, -0.2) is 16.1 Å².